The summed E-state index contributed by atoms with van der Waals surface area (Å²) in [5.74, 6) is 0. The van der Waals surface area contributed by atoms with Gasteiger partial charge in [-0.1, -0.05) is 0 Å². The van der Waals surface area contributed by atoms with Crippen LogP contribution >= 0.6 is 0 Å². The summed E-state index contributed by atoms with van der Waals surface area (Å²) in [6.07, 6.45) is 8.38. The number of methoxy groups -OCH3 is 1. The molecule has 0 radical (unpaired) electrons. The molecule has 90 valence electrons. The number of hydrogen-bond donors (Lipinski definition) is 1. The Morgan fingerprint density at radius 2 is 1.81 bits per heavy atom. The highest BCUT2D eigenvalue weighted by Crippen LogP contribution is 2.06. The molecule has 2 heterocycles. The van der Waals surface area contributed by atoms with Crippen molar-refractivity contribution in [1.82, 2.24) is 20.0 Å². The lowest BCUT2D eigenvalue weighted by molar-refractivity contribution is 0.155. The van der Waals surface area contributed by atoms with E-state index in [1.54, 1.807) is 7.11 Å². The lowest BCUT2D eigenvalue weighted by atomic mass is 10.5. The number of ether oxygens (including phenoxy) is 1. The van der Waals surface area contributed by atoms with E-state index in [-0.39, 0.29) is 0 Å². The molecule has 0 bridgehead atoms. The van der Waals surface area contributed by atoms with Crippen molar-refractivity contribution in [2.75, 3.05) is 46.7 Å². The fourth-order valence-corrected chi connectivity index (χ4v) is 1.81. The van der Waals surface area contributed by atoms with Crippen LogP contribution in [0.5, 0.6) is 0 Å². The molecule has 0 aliphatic carbocycles. The second kappa shape index (κ2) is 5.65. The third kappa shape index (κ3) is 3.06. The Hall–Kier alpha value is -1.36. The minimum atomic E-state index is 0.789. The summed E-state index contributed by atoms with van der Waals surface area (Å²) in [5.41, 5.74) is 0. The van der Waals surface area contributed by atoms with E-state index < -0.39 is 0 Å². The van der Waals surface area contributed by atoms with Crippen LogP contribution in [0.2, 0.25) is 0 Å². The maximum atomic E-state index is 5.06. The number of rotatable bonds is 6. The Morgan fingerprint density at radius 1 is 1.06 bits per heavy atom. The summed E-state index contributed by atoms with van der Waals surface area (Å²) >= 11 is 0. The van der Waals surface area contributed by atoms with E-state index in [2.05, 4.69) is 38.6 Å². The lowest BCUT2D eigenvalue weighted by Gasteiger charge is -2.23. The summed E-state index contributed by atoms with van der Waals surface area (Å²) in [4.78, 5) is 6.86. The van der Waals surface area contributed by atoms with Gasteiger partial charge in [-0.3, -0.25) is 0 Å². The average Bonchev–Trinajstić information content (AvgIpc) is 2.95. The molecule has 0 unspecified atom stereocenters. The fourth-order valence-electron chi connectivity index (χ4n) is 1.81. The van der Waals surface area contributed by atoms with Crippen LogP contribution in [0, 0.1) is 0 Å². The normalized spacial score (nSPS) is 18.7. The SMILES string of the molecule is COCCN1C=CN(CCN2C=CNC2)C1. The van der Waals surface area contributed by atoms with Crippen molar-refractivity contribution < 1.29 is 4.74 Å². The zero-order valence-corrected chi connectivity index (χ0v) is 9.80. The van der Waals surface area contributed by atoms with Crippen molar-refractivity contribution in [1.29, 1.82) is 0 Å². The fraction of sp³-hybridized carbons (Fsp3) is 0.636. The smallest absolute Gasteiger partial charge is 0.0895 e. The first-order valence-corrected chi connectivity index (χ1v) is 5.68. The maximum Gasteiger partial charge on any atom is 0.0895 e. The monoisotopic (exact) mass is 224 g/mol. The third-order valence-corrected chi connectivity index (χ3v) is 2.81. The van der Waals surface area contributed by atoms with Gasteiger partial charge in [0, 0.05) is 51.5 Å². The molecule has 5 nitrogen and oxygen atoms in total. The van der Waals surface area contributed by atoms with Crippen molar-refractivity contribution in [3.05, 3.63) is 24.8 Å². The zero-order valence-electron chi connectivity index (χ0n) is 9.80. The highest BCUT2D eigenvalue weighted by atomic mass is 16.5. The van der Waals surface area contributed by atoms with Crippen LogP contribution in [0.1, 0.15) is 0 Å². The van der Waals surface area contributed by atoms with Gasteiger partial charge in [0.25, 0.3) is 0 Å². The molecule has 0 aromatic rings. The second-order valence-corrected chi connectivity index (χ2v) is 4.05. The Morgan fingerprint density at radius 3 is 2.50 bits per heavy atom. The molecule has 1 N–H and O–H groups in total. The van der Waals surface area contributed by atoms with Crippen molar-refractivity contribution in [3.63, 3.8) is 0 Å². The van der Waals surface area contributed by atoms with Gasteiger partial charge in [-0.15, -0.1) is 0 Å². The quantitative estimate of drug-likeness (QED) is 0.687. The van der Waals surface area contributed by atoms with E-state index in [4.69, 9.17) is 4.74 Å². The molecule has 0 atom stereocenters. The van der Waals surface area contributed by atoms with E-state index in [0.29, 0.717) is 0 Å². The van der Waals surface area contributed by atoms with Crippen LogP contribution in [0.25, 0.3) is 0 Å². The molecular weight excluding hydrogens is 204 g/mol. The van der Waals surface area contributed by atoms with E-state index in [1.807, 2.05) is 6.20 Å². The van der Waals surface area contributed by atoms with Crippen molar-refractivity contribution in [2.45, 2.75) is 0 Å². The number of nitrogens with zero attached hydrogens (tertiary/aromatic N) is 3. The van der Waals surface area contributed by atoms with E-state index in [0.717, 1.165) is 39.6 Å². The molecule has 0 saturated heterocycles. The van der Waals surface area contributed by atoms with Gasteiger partial charge in [-0.05, 0) is 0 Å². The van der Waals surface area contributed by atoms with Gasteiger partial charge in [0.15, 0.2) is 0 Å². The van der Waals surface area contributed by atoms with Gasteiger partial charge in [0.1, 0.15) is 0 Å². The molecule has 5 heteroatoms. The van der Waals surface area contributed by atoms with Crippen LogP contribution in [-0.2, 0) is 4.74 Å². The van der Waals surface area contributed by atoms with E-state index in [1.165, 1.54) is 0 Å². The molecule has 16 heavy (non-hydrogen) atoms. The van der Waals surface area contributed by atoms with Gasteiger partial charge >= 0.3 is 0 Å². The molecule has 0 fully saturated rings. The minimum absolute atomic E-state index is 0.789. The van der Waals surface area contributed by atoms with Gasteiger partial charge in [-0.25, -0.2) is 0 Å². The summed E-state index contributed by atoms with van der Waals surface area (Å²) in [7, 11) is 1.74. The largest absolute Gasteiger partial charge is 0.383 e. The summed E-state index contributed by atoms with van der Waals surface area (Å²) < 4.78 is 5.06. The van der Waals surface area contributed by atoms with Gasteiger partial charge in [0.05, 0.1) is 19.9 Å². The zero-order chi connectivity index (χ0) is 11.2. The molecule has 0 amide bonds. The van der Waals surface area contributed by atoms with Crippen LogP contribution in [0.15, 0.2) is 24.8 Å². The maximum absolute atomic E-state index is 5.06. The van der Waals surface area contributed by atoms with E-state index in [9.17, 15) is 0 Å². The van der Waals surface area contributed by atoms with Gasteiger partial charge in [0.2, 0.25) is 0 Å². The first-order valence-electron chi connectivity index (χ1n) is 5.68. The van der Waals surface area contributed by atoms with Crippen LogP contribution in [0.4, 0.5) is 0 Å². The van der Waals surface area contributed by atoms with Crippen LogP contribution in [-0.4, -0.2) is 61.4 Å². The third-order valence-electron chi connectivity index (χ3n) is 2.81. The molecule has 0 aromatic heterocycles. The molecular formula is C11H20N4O. The van der Waals surface area contributed by atoms with E-state index >= 15 is 0 Å². The Bertz CT molecular complexity index is 267. The van der Waals surface area contributed by atoms with Crippen molar-refractivity contribution in [3.8, 4) is 0 Å². The summed E-state index contributed by atoms with van der Waals surface area (Å²) in [6.45, 7) is 5.79. The first kappa shape index (κ1) is 11.1. The standard InChI is InChI=1S/C11H20N4O/c1-16-9-8-15-7-6-14(11-15)5-4-13-3-2-12-10-13/h2-3,6-7,12H,4-5,8-11H2,1H3. The highest BCUT2D eigenvalue weighted by molar-refractivity contribution is 4.92. The summed E-state index contributed by atoms with van der Waals surface area (Å²) in [5, 5.41) is 3.17. The molecule has 2 aliphatic heterocycles. The van der Waals surface area contributed by atoms with Crippen molar-refractivity contribution >= 4 is 0 Å². The molecule has 2 rings (SSSR count). The Balaban J connectivity index is 1.61. The Labute approximate surface area is 96.9 Å². The average molecular weight is 224 g/mol. The predicted molar refractivity (Wildman–Crippen MR) is 63.1 cm³/mol. The van der Waals surface area contributed by atoms with Gasteiger partial charge < -0.3 is 24.8 Å². The Kier molecular flexibility index (Phi) is 3.93. The second-order valence-electron chi connectivity index (χ2n) is 4.05. The topological polar surface area (TPSA) is 31.0 Å². The van der Waals surface area contributed by atoms with Crippen LogP contribution in [0.3, 0.4) is 0 Å². The first-order chi connectivity index (χ1) is 7.88. The summed E-state index contributed by atoms with van der Waals surface area (Å²) in [6, 6.07) is 0. The number of nitrogens with one attached hydrogen (secondary N) is 1. The highest BCUT2D eigenvalue weighted by Gasteiger charge is 2.12. The minimum Gasteiger partial charge on any atom is -0.383 e. The molecule has 0 saturated carbocycles. The predicted octanol–water partition coefficient (Wildman–Crippen LogP) is 0.0130. The number of hydrogen-bond acceptors (Lipinski definition) is 5. The van der Waals surface area contributed by atoms with Crippen molar-refractivity contribution in [2.24, 2.45) is 0 Å². The molecule has 2 aliphatic rings. The molecule has 0 spiro atoms. The molecule has 0 aromatic carbocycles. The lowest BCUT2D eigenvalue weighted by Crippen LogP contribution is -2.33. The van der Waals surface area contributed by atoms with Gasteiger partial charge in [-0.2, -0.15) is 0 Å². The van der Waals surface area contributed by atoms with Crippen LogP contribution < -0.4 is 5.32 Å².